The second-order valence-electron chi connectivity index (χ2n) is 4.92. The fraction of sp³-hybridized carbons (Fsp3) is 0.769. The monoisotopic (exact) mass is 239 g/mol. The number of hydrogen-bond acceptors (Lipinski definition) is 3. The highest BCUT2D eigenvalue weighted by molar-refractivity contribution is 5.29. The fourth-order valence-corrected chi connectivity index (χ4v) is 2.09. The quantitative estimate of drug-likeness (QED) is 0.829. The summed E-state index contributed by atoms with van der Waals surface area (Å²) < 4.78 is 7.48. The molecule has 0 fully saturated rings. The molecule has 0 aliphatic heterocycles. The van der Waals surface area contributed by atoms with Crippen molar-refractivity contribution in [1.82, 2.24) is 15.1 Å². The average molecular weight is 239 g/mol. The van der Waals surface area contributed by atoms with Gasteiger partial charge in [-0.15, -0.1) is 0 Å². The molecule has 4 heteroatoms. The van der Waals surface area contributed by atoms with Crippen molar-refractivity contribution in [1.29, 1.82) is 0 Å². The second kappa shape index (κ2) is 6.05. The van der Waals surface area contributed by atoms with Crippen LogP contribution in [-0.4, -0.2) is 23.4 Å². The molecular weight excluding hydrogens is 214 g/mol. The van der Waals surface area contributed by atoms with E-state index >= 15 is 0 Å². The molecule has 0 saturated carbocycles. The molecule has 1 unspecified atom stereocenters. The summed E-state index contributed by atoms with van der Waals surface area (Å²) in [5, 5.41) is 7.94. The molecule has 0 aliphatic rings. The first-order valence-electron chi connectivity index (χ1n) is 6.37. The molecule has 1 heterocycles. The van der Waals surface area contributed by atoms with E-state index in [0.717, 1.165) is 18.0 Å². The Hall–Kier alpha value is -1.03. The summed E-state index contributed by atoms with van der Waals surface area (Å²) in [5.74, 6) is 1.37. The maximum absolute atomic E-state index is 5.43. The van der Waals surface area contributed by atoms with E-state index in [1.54, 1.807) is 7.11 Å². The number of methoxy groups -OCH3 is 1. The van der Waals surface area contributed by atoms with Crippen LogP contribution >= 0.6 is 0 Å². The van der Waals surface area contributed by atoms with Crippen LogP contribution in [0.3, 0.4) is 0 Å². The van der Waals surface area contributed by atoms with Gasteiger partial charge in [0.05, 0.1) is 25.0 Å². The van der Waals surface area contributed by atoms with Gasteiger partial charge in [0.15, 0.2) is 5.75 Å². The van der Waals surface area contributed by atoms with Gasteiger partial charge >= 0.3 is 0 Å². The molecule has 1 rings (SSSR count). The third kappa shape index (κ3) is 3.00. The van der Waals surface area contributed by atoms with Gasteiger partial charge in [-0.25, -0.2) is 0 Å². The minimum absolute atomic E-state index is 0.278. The first-order chi connectivity index (χ1) is 8.02. The Morgan fingerprint density at radius 2 is 2.00 bits per heavy atom. The van der Waals surface area contributed by atoms with Crippen LogP contribution < -0.4 is 10.1 Å². The van der Waals surface area contributed by atoms with Crippen molar-refractivity contribution in [3.63, 3.8) is 0 Å². The van der Waals surface area contributed by atoms with Crippen molar-refractivity contribution >= 4 is 0 Å². The summed E-state index contributed by atoms with van der Waals surface area (Å²) in [4.78, 5) is 0. The summed E-state index contributed by atoms with van der Waals surface area (Å²) in [6.45, 7) is 11.8. The van der Waals surface area contributed by atoms with Crippen molar-refractivity contribution < 1.29 is 4.74 Å². The number of nitrogens with one attached hydrogen (secondary N) is 1. The fourth-order valence-electron chi connectivity index (χ4n) is 2.09. The molecule has 0 bridgehead atoms. The predicted molar refractivity (Wildman–Crippen MR) is 70.4 cm³/mol. The Morgan fingerprint density at radius 3 is 2.41 bits per heavy atom. The first-order valence-corrected chi connectivity index (χ1v) is 6.37. The van der Waals surface area contributed by atoms with Crippen LogP contribution in [0.5, 0.6) is 5.75 Å². The lowest BCUT2D eigenvalue weighted by Gasteiger charge is -2.25. The summed E-state index contributed by atoms with van der Waals surface area (Å²) in [5.41, 5.74) is 1.15. The van der Waals surface area contributed by atoms with Gasteiger partial charge in [-0.05, 0) is 26.3 Å². The van der Waals surface area contributed by atoms with E-state index in [0.29, 0.717) is 12.0 Å². The Kier molecular flexibility index (Phi) is 5.00. The molecule has 0 spiro atoms. The lowest BCUT2D eigenvalue weighted by Crippen LogP contribution is -2.28. The van der Waals surface area contributed by atoms with Crippen molar-refractivity contribution in [3.8, 4) is 5.75 Å². The molecule has 1 aromatic heterocycles. The molecule has 1 atom stereocenters. The Labute approximate surface area is 104 Å². The lowest BCUT2D eigenvalue weighted by atomic mass is 10.00. The lowest BCUT2D eigenvalue weighted by molar-refractivity contribution is 0.348. The Morgan fingerprint density at radius 1 is 1.35 bits per heavy atom. The zero-order valence-corrected chi connectivity index (χ0v) is 11.8. The molecule has 0 radical (unpaired) electrons. The zero-order valence-electron chi connectivity index (χ0n) is 11.8. The minimum Gasteiger partial charge on any atom is -0.493 e. The van der Waals surface area contributed by atoms with E-state index in [1.165, 1.54) is 0 Å². The van der Waals surface area contributed by atoms with Gasteiger partial charge in [-0.3, -0.25) is 4.68 Å². The first kappa shape index (κ1) is 14.0. The van der Waals surface area contributed by atoms with Crippen molar-refractivity contribution in [2.45, 2.75) is 46.7 Å². The van der Waals surface area contributed by atoms with E-state index in [2.05, 4.69) is 45.0 Å². The third-order valence-electron chi connectivity index (χ3n) is 2.89. The van der Waals surface area contributed by atoms with Crippen LogP contribution in [0.25, 0.3) is 0 Å². The van der Waals surface area contributed by atoms with Gasteiger partial charge in [-0.1, -0.05) is 20.8 Å². The molecular formula is C13H25N3O. The topological polar surface area (TPSA) is 39.1 Å². The highest BCUT2D eigenvalue weighted by Gasteiger charge is 2.24. The van der Waals surface area contributed by atoms with Crippen molar-refractivity contribution in [2.24, 2.45) is 5.92 Å². The van der Waals surface area contributed by atoms with E-state index < -0.39 is 0 Å². The van der Waals surface area contributed by atoms with Crippen LogP contribution in [0.1, 0.15) is 52.4 Å². The summed E-state index contributed by atoms with van der Waals surface area (Å²) >= 11 is 0. The van der Waals surface area contributed by atoms with Crippen LogP contribution in [-0.2, 0) is 0 Å². The maximum atomic E-state index is 5.43. The van der Waals surface area contributed by atoms with Crippen LogP contribution in [0, 0.1) is 5.92 Å². The smallest absolute Gasteiger partial charge is 0.161 e. The highest BCUT2D eigenvalue weighted by atomic mass is 16.5. The molecule has 98 valence electrons. The van der Waals surface area contributed by atoms with Crippen molar-refractivity contribution in [2.75, 3.05) is 13.7 Å². The normalized spacial score (nSPS) is 13.4. The number of ether oxygens (including phenoxy) is 1. The Balaban J connectivity index is 3.18. The maximum Gasteiger partial charge on any atom is 0.161 e. The SMILES string of the molecule is CCNC(c1c(OC)cnn1C(C)C)C(C)C. The van der Waals surface area contributed by atoms with Gasteiger partial charge in [-0.2, -0.15) is 5.10 Å². The number of nitrogens with zero attached hydrogens (tertiary/aromatic N) is 2. The molecule has 0 aromatic carbocycles. The number of rotatable bonds is 6. The predicted octanol–water partition coefficient (Wildman–Crippen LogP) is 2.78. The molecule has 17 heavy (non-hydrogen) atoms. The van der Waals surface area contributed by atoms with Gasteiger partial charge in [0, 0.05) is 6.04 Å². The molecule has 1 N–H and O–H groups in total. The van der Waals surface area contributed by atoms with E-state index in [4.69, 9.17) is 4.74 Å². The zero-order chi connectivity index (χ0) is 13.0. The summed E-state index contributed by atoms with van der Waals surface area (Å²) in [7, 11) is 1.70. The third-order valence-corrected chi connectivity index (χ3v) is 2.89. The molecule has 4 nitrogen and oxygen atoms in total. The molecule has 0 saturated heterocycles. The summed E-state index contributed by atoms with van der Waals surface area (Å²) in [6.07, 6.45) is 1.81. The highest BCUT2D eigenvalue weighted by Crippen LogP contribution is 2.31. The van der Waals surface area contributed by atoms with Crippen LogP contribution in [0.2, 0.25) is 0 Å². The Bertz CT molecular complexity index is 344. The molecule has 0 amide bonds. The van der Waals surface area contributed by atoms with Crippen LogP contribution in [0.4, 0.5) is 0 Å². The molecule has 1 aromatic rings. The van der Waals surface area contributed by atoms with Gasteiger partial charge in [0.2, 0.25) is 0 Å². The van der Waals surface area contributed by atoms with Gasteiger partial charge in [0.25, 0.3) is 0 Å². The minimum atomic E-state index is 0.278. The van der Waals surface area contributed by atoms with Gasteiger partial charge in [0.1, 0.15) is 0 Å². The number of aromatic nitrogens is 2. The van der Waals surface area contributed by atoms with E-state index in [1.807, 2.05) is 10.9 Å². The largest absolute Gasteiger partial charge is 0.493 e. The molecule has 0 aliphatic carbocycles. The second-order valence-corrected chi connectivity index (χ2v) is 4.92. The van der Waals surface area contributed by atoms with E-state index in [-0.39, 0.29) is 6.04 Å². The van der Waals surface area contributed by atoms with Gasteiger partial charge < -0.3 is 10.1 Å². The number of hydrogen-bond donors (Lipinski definition) is 1. The van der Waals surface area contributed by atoms with E-state index in [9.17, 15) is 0 Å². The average Bonchev–Trinajstić information content (AvgIpc) is 2.68. The van der Waals surface area contributed by atoms with Crippen molar-refractivity contribution in [3.05, 3.63) is 11.9 Å². The summed E-state index contributed by atoms with van der Waals surface area (Å²) in [6, 6.07) is 0.619. The van der Waals surface area contributed by atoms with Crippen LogP contribution in [0.15, 0.2) is 6.20 Å². The standard InChI is InChI=1S/C13H25N3O/c1-7-14-12(9(2)3)13-11(17-6)8-15-16(13)10(4)5/h8-10,12,14H,7H2,1-6H3.